The second kappa shape index (κ2) is 5.58. The minimum absolute atomic E-state index is 0.0868. The maximum atomic E-state index is 11.7. The Kier molecular flexibility index (Phi) is 4.08. The molecule has 0 aromatic carbocycles. The van der Waals surface area contributed by atoms with Crippen molar-refractivity contribution in [1.82, 2.24) is 4.98 Å². The topological polar surface area (TPSA) is 65.5 Å². The summed E-state index contributed by atoms with van der Waals surface area (Å²) in [6, 6.07) is 0. The molecule has 1 atom stereocenters. The number of esters is 1. The van der Waals surface area contributed by atoms with Crippen LogP contribution in [0.1, 0.15) is 58.0 Å². The highest BCUT2D eigenvalue weighted by Crippen LogP contribution is 2.33. The van der Waals surface area contributed by atoms with Crippen molar-refractivity contribution < 1.29 is 19.1 Å². The van der Waals surface area contributed by atoms with E-state index in [4.69, 9.17) is 9.47 Å². The lowest BCUT2D eigenvalue weighted by Gasteiger charge is -2.03. The second-order valence-electron chi connectivity index (χ2n) is 4.01. The van der Waals surface area contributed by atoms with E-state index < -0.39 is 5.97 Å². The monoisotopic (exact) mass is 269 g/mol. The van der Waals surface area contributed by atoms with Gasteiger partial charge in [-0.15, -0.1) is 11.3 Å². The predicted octanol–water partition coefficient (Wildman–Crippen LogP) is 2.37. The van der Waals surface area contributed by atoms with Crippen LogP contribution in [-0.2, 0) is 9.47 Å². The summed E-state index contributed by atoms with van der Waals surface area (Å²) in [6.45, 7) is 4.12. The molecule has 18 heavy (non-hydrogen) atoms. The van der Waals surface area contributed by atoms with Crippen molar-refractivity contribution in [2.24, 2.45) is 0 Å². The van der Waals surface area contributed by atoms with Gasteiger partial charge in [-0.3, -0.25) is 4.79 Å². The number of ether oxygens (including phenoxy) is 2. The third kappa shape index (κ3) is 2.59. The molecule has 1 aromatic heterocycles. The molecule has 1 aromatic rings. The van der Waals surface area contributed by atoms with Crippen LogP contribution in [0.15, 0.2) is 0 Å². The Bertz CT molecular complexity index is 463. The molecule has 0 N–H and O–H groups in total. The van der Waals surface area contributed by atoms with E-state index in [1.807, 2.05) is 0 Å². The Morgan fingerprint density at radius 2 is 2.33 bits per heavy atom. The van der Waals surface area contributed by atoms with Crippen molar-refractivity contribution in [3.05, 3.63) is 15.6 Å². The molecule has 1 saturated heterocycles. The zero-order valence-electron chi connectivity index (χ0n) is 10.4. The number of thiazole rings is 1. The van der Waals surface area contributed by atoms with Crippen LogP contribution in [0.25, 0.3) is 0 Å². The number of carbonyl (C=O) groups excluding carboxylic acids is 2. The maximum absolute atomic E-state index is 11.7. The van der Waals surface area contributed by atoms with Crippen molar-refractivity contribution in [1.29, 1.82) is 0 Å². The minimum atomic E-state index is -0.539. The largest absolute Gasteiger partial charge is 0.461 e. The Morgan fingerprint density at radius 3 is 2.89 bits per heavy atom. The smallest absolute Gasteiger partial charge is 0.358 e. The zero-order chi connectivity index (χ0) is 13.1. The first-order valence-electron chi connectivity index (χ1n) is 5.93. The second-order valence-corrected chi connectivity index (χ2v) is 5.04. The minimum Gasteiger partial charge on any atom is -0.461 e. The van der Waals surface area contributed by atoms with Crippen LogP contribution in [0.3, 0.4) is 0 Å². The summed E-state index contributed by atoms with van der Waals surface area (Å²) in [4.78, 5) is 27.8. The van der Waals surface area contributed by atoms with Crippen LogP contribution >= 0.6 is 11.3 Å². The van der Waals surface area contributed by atoms with Crippen molar-refractivity contribution >= 4 is 23.1 Å². The van der Waals surface area contributed by atoms with Gasteiger partial charge in [-0.2, -0.15) is 0 Å². The Balaban J connectivity index is 2.31. The van der Waals surface area contributed by atoms with Crippen molar-refractivity contribution in [2.45, 2.75) is 32.8 Å². The molecule has 0 saturated carbocycles. The average molecular weight is 269 g/mol. The highest BCUT2D eigenvalue weighted by molar-refractivity contribution is 7.14. The third-order valence-electron chi connectivity index (χ3n) is 2.64. The number of carbonyl (C=O) groups is 2. The predicted molar refractivity (Wildman–Crippen MR) is 66.0 cm³/mol. The summed E-state index contributed by atoms with van der Waals surface area (Å²) in [7, 11) is 0. The molecule has 0 radical (unpaired) electrons. The summed E-state index contributed by atoms with van der Waals surface area (Å²) in [6.07, 6.45) is 1.78. The standard InChI is InChI=1S/C12H15NO4S/c1-3-16-12(15)9-10(7(2)14)18-11(13-9)8-5-4-6-17-8/h8H,3-6H2,1-2H3. The lowest BCUT2D eigenvalue weighted by Crippen LogP contribution is -2.09. The number of nitrogens with zero attached hydrogens (tertiary/aromatic N) is 1. The molecule has 1 aliphatic rings. The van der Waals surface area contributed by atoms with Gasteiger partial charge in [0.1, 0.15) is 16.0 Å². The van der Waals surface area contributed by atoms with Gasteiger partial charge in [0.05, 0.1) is 6.61 Å². The Morgan fingerprint density at radius 1 is 1.56 bits per heavy atom. The molecule has 2 heterocycles. The number of rotatable bonds is 4. The van der Waals surface area contributed by atoms with Crippen LogP contribution in [0.5, 0.6) is 0 Å². The summed E-state index contributed by atoms with van der Waals surface area (Å²) >= 11 is 1.23. The first kappa shape index (κ1) is 13.2. The molecule has 1 aliphatic heterocycles. The third-order valence-corrected chi connectivity index (χ3v) is 3.89. The number of Topliss-reactive ketones (excluding diaryl/α,β-unsaturated/α-hetero) is 1. The molecule has 0 amide bonds. The van der Waals surface area contributed by atoms with Gasteiger partial charge in [0.25, 0.3) is 0 Å². The molecular formula is C12H15NO4S. The fourth-order valence-electron chi connectivity index (χ4n) is 1.82. The molecule has 6 heteroatoms. The number of ketones is 1. The van der Waals surface area contributed by atoms with E-state index in [9.17, 15) is 9.59 Å². The molecule has 0 spiro atoms. The van der Waals surface area contributed by atoms with Crippen LogP contribution in [0.2, 0.25) is 0 Å². The van der Waals surface area contributed by atoms with Crippen molar-refractivity contribution in [2.75, 3.05) is 13.2 Å². The normalized spacial score (nSPS) is 18.9. The van der Waals surface area contributed by atoms with Gasteiger partial charge in [0.15, 0.2) is 11.5 Å². The Hall–Kier alpha value is -1.27. The highest BCUT2D eigenvalue weighted by atomic mass is 32.1. The van der Waals surface area contributed by atoms with Crippen LogP contribution in [-0.4, -0.2) is 30.0 Å². The summed E-state index contributed by atoms with van der Waals surface area (Å²) in [5.41, 5.74) is 0.125. The molecule has 98 valence electrons. The van der Waals surface area contributed by atoms with Gasteiger partial charge in [-0.25, -0.2) is 9.78 Å². The number of aromatic nitrogens is 1. The van der Waals surface area contributed by atoms with E-state index in [0.717, 1.165) is 12.8 Å². The van der Waals surface area contributed by atoms with Crippen molar-refractivity contribution in [3.63, 3.8) is 0 Å². The van der Waals surface area contributed by atoms with E-state index in [-0.39, 0.29) is 24.2 Å². The van der Waals surface area contributed by atoms with Gasteiger partial charge < -0.3 is 9.47 Å². The summed E-state index contributed by atoms with van der Waals surface area (Å²) < 4.78 is 10.4. The maximum Gasteiger partial charge on any atom is 0.358 e. The quantitative estimate of drug-likeness (QED) is 0.620. The van der Waals surface area contributed by atoms with E-state index in [2.05, 4.69) is 4.98 Å². The van der Waals surface area contributed by atoms with E-state index in [0.29, 0.717) is 16.5 Å². The van der Waals surface area contributed by atoms with Gasteiger partial charge in [0.2, 0.25) is 0 Å². The Labute approximate surface area is 109 Å². The van der Waals surface area contributed by atoms with Gasteiger partial charge in [-0.05, 0) is 19.8 Å². The number of hydrogen-bond donors (Lipinski definition) is 0. The van der Waals surface area contributed by atoms with E-state index in [1.165, 1.54) is 18.3 Å². The molecule has 0 bridgehead atoms. The molecule has 0 aliphatic carbocycles. The lowest BCUT2D eigenvalue weighted by molar-refractivity contribution is 0.0516. The highest BCUT2D eigenvalue weighted by Gasteiger charge is 2.27. The first-order chi connectivity index (χ1) is 8.63. The number of hydrogen-bond acceptors (Lipinski definition) is 6. The SMILES string of the molecule is CCOC(=O)c1nc(C2CCCO2)sc1C(C)=O. The summed E-state index contributed by atoms with van der Waals surface area (Å²) in [5, 5.41) is 0.695. The van der Waals surface area contributed by atoms with Crippen molar-refractivity contribution in [3.8, 4) is 0 Å². The molecule has 2 rings (SSSR count). The fourth-order valence-corrected chi connectivity index (χ4v) is 2.86. The fraction of sp³-hybridized carbons (Fsp3) is 0.583. The van der Waals surface area contributed by atoms with Crippen LogP contribution in [0.4, 0.5) is 0 Å². The van der Waals surface area contributed by atoms with Gasteiger partial charge in [0, 0.05) is 13.5 Å². The lowest BCUT2D eigenvalue weighted by atomic mass is 10.2. The molecular weight excluding hydrogens is 254 g/mol. The van der Waals surface area contributed by atoms with Crippen LogP contribution < -0.4 is 0 Å². The first-order valence-corrected chi connectivity index (χ1v) is 6.75. The zero-order valence-corrected chi connectivity index (χ0v) is 11.2. The van der Waals surface area contributed by atoms with Gasteiger partial charge >= 0.3 is 5.97 Å². The molecule has 1 unspecified atom stereocenters. The van der Waals surface area contributed by atoms with E-state index in [1.54, 1.807) is 6.92 Å². The summed E-state index contributed by atoms with van der Waals surface area (Å²) in [5.74, 6) is -0.706. The average Bonchev–Trinajstić information content (AvgIpc) is 2.98. The molecule has 1 fully saturated rings. The van der Waals surface area contributed by atoms with Crippen LogP contribution in [0, 0.1) is 0 Å². The van der Waals surface area contributed by atoms with E-state index >= 15 is 0 Å². The molecule has 5 nitrogen and oxygen atoms in total. The van der Waals surface area contributed by atoms with Gasteiger partial charge in [-0.1, -0.05) is 0 Å².